The van der Waals surface area contributed by atoms with Crippen LogP contribution in [0, 0.1) is 5.92 Å². The van der Waals surface area contributed by atoms with Crippen molar-refractivity contribution in [3.63, 3.8) is 0 Å². The molecule has 1 aliphatic rings. The summed E-state index contributed by atoms with van der Waals surface area (Å²) in [4.78, 5) is 12.0. The second-order valence-electron chi connectivity index (χ2n) is 5.86. The lowest BCUT2D eigenvalue weighted by molar-refractivity contribution is -0.116. The molecule has 2 N–H and O–H groups in total. The maximum atomic E-state index is 12.0. The third kappa shape index (κ3) is 4.18. The van der Waals surface area contributed by atoms with Crippen molar-refractivity contribution in [1.29, 1.82) is 0 Å². The highest BCUT2D eigenvalue weighted by atomic mass is 16.1. The molecule has 2 heterocycles. The number of hydrogen-bond donors (Lipinski definition) is 2. The molecule has 0 bridgehead atoms. The monoisotopic (exact) mass is 298 g/mol. The summed E-state index contributed by atoms with van der Waals surface area (Å²) in [5, 5.41) is 10.6. The van der Waals surface area contributed by atoms with Crippen LogP contribution in [0.25, 0.3) is 0 Å². The van der Waals surface area contributed by atoms with E-state index in [1.807, 2.05) is 29.1 Å². The number of carbonyl (C=O) groups excluding carboxylic acids is 1. The molecule has 0 radical (unpaired) electrons. The largest absolute Gasteiger partial charge is 0.323 e. The Morgan fingerprint density at radius 2 is 2.23 bits per heavy atom. The van der Waals surface area contributed by atoms with Gasteiger partial charge in [0.15, 0.2) is 0 Å². The fourth-order valence-electron chi connectivity index (χ4n) is 2.80. The van der Waals surface area contributed by atoms with Crippen LogP contribution in [0.5, 0.6) is 0 Å². The van der Waals surface area contributed by atoms with Gasteiger partial charge in [-0.3, -0.25) is 9.48 Å². The molecule has 1 fully saturated rings. The Morgan fingerprint density at radius 1 is 1.36 bits per heavy atom. The molecule has 0 saturated carbocycles. The summed E-state index contributed by atoms with van der Waals surface area (Å²) in [6.45, 7) is 2.84. The number of aromatic nitrogens is 2. The van der Waals surface area contributed by atoms with E-state index in [-0.39, 0.29) is 5.91 Å². The lowest BCUT2D eigenvalue weighted by atomic mass is 10.0. The minimum absolute atomic E-state index is 0.0751. The fraction of sp³-hybridized carbons (Fsp3) is 0.412. The quantitative estimate of drug-likeness (QED) is 0.860. The molecule has 1 unspecified atom stereocenters. The first kappa shape index (κ1) is 14.8. The predicted octanol–water partition coefficient (Wildman–Crippen LogP) is 2.26. The van der Waals surface area contributed by atoms with Gasteiger partial charge < -0.3 is 10.6 Å². The van der Waals surface area contributed by atoms with Gasteiger partial charge in [-0.05, 0) is 37.4 Å². The zero-order chi connectivity index (χ0) is 15.2. The maximum absolute atomic E-state index is 12.0. The Bertz CT molecular complexity index is 602. The van der Waals surface area contributed by atoms with E-state index in [2.05, 4.69) is 27.9 Å². The topological polar surface area (TPSA) is 59.0 Å². The molecule has 5 heteroatoms. The molecule has 22 heavy (non-hydrogen) atoms. The third-order valence-electron chi connectivity index (χ3n) is 4.05. The van der Waals surface area contributed by atoms with E-state index in [4.69, 9.17) is 0 Å². The van der Waals surface area contributed by atoms with Crippen molar-refractivity contribution in [3.8, 4) is 0 Å². The average Bonchev–Trinajstić information content (AvgIpc) is 3.18. The van der Waals surface area contributed by atoms with Crippen LogP contribution in [0.1, 0.15) is 24.8 Å². The van der Waals surface area contributed by atoms with Crippen molar-refractivity contribution in [3.05, 3.63) is 48.3 Å². The van der Waals surface area contributed by atoms with Crippen LogP contribution in [0.15, 0.2) is 42.7 Å². The Balaban J connectivity index is 1.47. The molecule has 0 aliphatic carbocycles. The highest BCUT2D eigenvalue weighted by molar-refractivity contribution is 5.90. The number of hydrogen-bond acceptors (Lipinski definition) is 3. The Hall–Kier alpha value is -2.14. The number of nitrogens with zero attached hydrogens (tertiary/aromatic N) is 2. The lowest BCUT2D eigenvalue weighted by Crippen LogP contribution is -2.14. The lowest BCUT2D eigenvalue weighted by Gasteiger charge is -2.07. The van der Waals surface area contributed by atoms with Gasteiger partial charge in [0.1, 0.15) is 0 Å². The van der Waals surface area contributed by atoms with Gasteiger partial charge >= 0.3 is 0 Å². The molecule has 1 aromatic heterocycles. The second-order valence-corrected chi connectivity index (χ2v) is 5.86. The van der Waals surface area contributed by atoms with E-state index in [0.29, 0.717) is 18.9 Å². The van der Waals surface area contributed by atoms with Gasteiger partial charge in [0.05, 0.1) is 18.4 Å². The Kier molecular flexibility index (Phi) is 4.85. The van der Waals surface area contributed by atoms with Crippen LogP contribution in [0.4, 0.5) is 5.69 Å². The van der Waals surface area contributed by atoms with Crippen LogP contribution in [-0.4, -0.2) is 28.8 Å². The molecule has 1 aliphatic heterocycles. The maximum Gasteiger partial charge on any atom is 0.224 e. The molecule has 5 nitrogen and oxygen atoms in total. The molecule has 3 rings (SSSR count). The minimum atomic E-state index is 0.0751. The third-order valence-corrected chi connectivity index (χ3v) is 4.05. The molecule has 1 atom stereocenters. The zero-order valence-corrected chi connectivity index (χ0v) is 12.7. The van der Waals surface area contributed by atoms with Crippen molar-refractivity contribution in [2.75, 3.05) is 18.4 Å². The fourth-order valence-corrected chi connectivity index (χ4v) is 2.80. The summed E-state index contributed by atoms with van der Waals surface area (Å²) in [6.07, 6.45) is 6.30. The van der Waals surface area contributed by atoms with Gasteiger partial charge in [-0.2, -0.15) is 5.10 Å². The SMILES string of the molecule is O=C(CCC1CCNC1)Nc1cnn(Cc2ccccc2)c1. The molecular formula is C17H22N4O. The van der Waals surface area contributed by atoms with E-state index >= 15 is 0 Å². The summed E-state index contributed by atoms with van der Waals surface area (Å²) in [5.41, 5.74) is 1.96. The van der Waals surface area contributed by atoms with Gasteiger partial charge in [-0.1, -0.05) is 30.3 Å². The van der Waals surface area contributed by atoms with E-state index in [1.165, 1.54) is 12.0 Å². The highest BCUT2D eigenvalue weighted by Crippen LogP contribution is 2.15. The molecule has 1 saturated heterocycles. The van der Waals surface area contributed by atoms with E-state index in [1.54, 1.807) is 6.20 Å². The van der Waals surface area contributed by atoms with Gasteiger partial charge in [-0.15, -0.1) is 0 Å². The summed E-state index contributed by atoms with van der Waals surface area (Å²) in [7, 11) is 0. The standard InChI is InChI=1S/C17H22N4O/c22-17(7-6-14-8-9-18-10-14)20-16-11-19-21(13-16)12-15-4-2-1-3-5-15/h1-5,11,13-14,18H,6-10,12H2,(H,20,22). The summed E-state index contributed by atoms with van der Waals surface area (Å²) >= 11 is 0. The predicted molar refractivity (Wildman–Crippen MR) is 86.6 cm³/mol. The van der Waals surface area contributed by atoms with Crippen molar-refractivity contribution in [2.24, 2.45) is 5.92 Å². The number of rotatable bonds is 6. The smallest absolute Gasteiger partial charge is 0.224 e. The minimum Gasteiger partial charge on any atom is -0.323 e. The highest BCUT2D eigenvalue weighted by Gasteiger charge is 2.15. The number of amides is 1. The normalized spacial score (nSPS) is 17.5. The van der Waals surface area contributed by atoms with Crippen molar-refractivity contribution in [1.82, 2.24) is 15.1 Å². The molecule has 0 spiro atoms. The Labute approximate surface area is 130 Å². The van der Waals surface area contributed by atoms with Crippen LogP contribution in [-0.2, 0) is 11.3 Å². The number of nitrogens with one attached hydrogen (secondary N) is 2. The molecule has 116 valence electrons. The van der Waals surface area contributed by atoms with Crippen LogP contribution in [0.3, 0.4) is 0 Å². The molecule has 1 aromatic carbocycles. The number of carbonyl (C=O) groups is 1. The molecule has 2 aromatic rings. The van der Waals surface area contributed by atoms with Crippen molar-refractivity contribution in [2.45, 2.75) is 25.8 Å². The van der Waals surface area contributed by atoms with Crippen LogP contribution < -0.4 is 10.6 Å². The first-order valence-electron chi connectivity index (χ1n) is 7.86. The average molecular weight is 298 g/mol. The van der Waals surface area contributed by atoms with Gasteiger partial charge in [-0.25, -0.2) is 0 Å². The number of benzene rings is 1. The van der Waals surface area contributed by atoms with Gasteiger partial charge in [0.2, 0.25) is 5.91 Å². The molecule has 1 amide bonds. The van der Waals surface area contributed by atoms with Gasteiger partial charge in [0, 0.05) is 12.6 Å². The first-order valence-corrected chi connectivity index (χ1v) is 7.86. The van der Waals surface area contributed by atoms with Gasteiger partial charge in [0.25, 0.3) is 0 Å². The molecular weight excluding hydrogens is 276 g/mol. The van der Waals surface area contributed by atoms with Crippen molar-refractivity contribution >= 4 is 11.6 Å². The van der Waals surface area contributed by atoms with Crippen molar-refractivity contribution < 1.29 is 4.79 Å². The number of anilines is 1. The summed E-state index contributed by atoms with van der Waals surface area (Å²) in [5.74, 6) is 0.720. The summed E-state index contributed by atoms with van der Waals surface area (Å²) in [6, 6.07) is 10.2. The zero-order valence-electron chi connectivity index (χ0n) is 12.7. The Morgan fingerprint density at radius 3 is 3.00 bits per heavy atom. The van der Waals surface area contributed by atoms with Crippen LogP contribution >= 0.6 is 0 Å². The first-order chi connectivity index (χ1) is 10.8. The van der Waals surface area contributed by atoms with Crippen LogP contribution in [0.2, 0.25) is 0 Å². The van der Waals surface area contributed by atoms with E-state index < -0.39 is 0 Å². The van der Waals surface area contributed by atoms with E-state index in [9.17, 15) is 4.79 Å². The van der Waals surface area contributed by atoms with E-state index in [0.717, 1.165) is 25.2 Å². The second kappa shape index (κ2) is 7.22. The summed E-state index contributed by atoms with van der Waals surface area (Å²) < 4.78 is 1.84.